The minimum atomic E-state index is -0.810. The molecule has 1 atom stereocenters. The van der Waals surface area contributed by atoms with E-state index in [1.807, 2.05) is 73.3 Å². The van der Waals surface area contributed by atoms with Crippen molar-refractivity contribution < 1.29 is 14.6 Å². The van der Waals surface area contributed by atoms with Crippen molar-refractivity contribution in [1.82, 2.24) is 0 Å². The van der Waals surface area contributed by atoms with E-state index in [9.17, 15) is 9.90 Å². The van der Waals surface area contributed by atoms with Gasteiger partial charge in [-0.25, -0.2) is 4.79 Å². The highest BCUT2D eigenvalue weighted by Gasteiger charge is 2.25. The number of ether oxygens (including phenoxy) is 1. The molecule has 2 aromatic carbocycles. The van der Waals surface area contributed by atoms with E-state index in [1.165, 1.54) is 0 Å². The van der Waals surface area contributed by atoms with Crippen LogP contribution in [0.2, 0.25) is 0 Å². The number of carboxylic acid groups (broad SMARTS) is 1. The molecular weight excluding hydrogens is 290 g/mol. The third kappa shape index (κ3) is 4.25. The van der Waals surface area contributed by atoms with Crippen LogP contribution in [0, 0.1) is 0 Å². The van der Waals surface area contributed by atoms with Gasteiger partial charge in [0.1, 0.15) is 11.8 Å². The number of hydrogen-bond donors (Lipinski definition) is 1. The van der Waals surface area contributed by atoms with E-state index < -0.39 is 12.0 Å². The Morgan fingerprint density at radius 1 is 1.09 bits per heavy atom. The summed E-state index contributed by atoms with van der Waals surface area (Å²) in [5.41, 5.74) is 0.812. The largest absolute Gasteiger partial charge is 0.480 e. The van der Waals surface area contributed by atoms with Crippen molar-refractivity contribution in [2.75, 3.05) is 11.4 Å². The van der Waals surface area contributed by atoms with Crippen LogP contribution in [0.15, 0.2) is 54.6 Å². The van der Waals surface area contributed by atoms with E-state index in [0.717, 1.165) is 17.9 Å². The molecule has 2 aromatic rings. The fourth-order valence-corrected chi connectivity index (χ4v) is 2.61. The molecule has 0 saturated heterocycles. The first-order valence-corrected chi connectivity index (χ1v) is 7.98. The maximum absolute atomic E-state index is 11.6. The molecule has 0 saturated carbocycles. The van der Waals surface area contributed by atoms with E-state index in [2.05, 4.69) is 0 Å². The Bertz CT molecular complexity index is 628. The van der Waals surface area contributed by atoms with Crippen LogP contribution < -0.4 is 9.64 Å². The summed E-state index contributed by atoms with van der Waals surface area (Å²) in [6, 6.07) is 16.6. The third-order valence-electron chi connectivity index (χ3n) is 3.66. The highest BCUT2D eigenvalue weighted by atomic mass is 16.5. The van der Waals surface area contributed by atoms with E-state index in [1.54, 1.807) is 0 Å². The molecule has 0 aliphatic carbocycles. The highest BCUT2D eigenvalue weighted by Crippen LogP contribution is 2.33. The van der Waals surface area contributed by atoms with Crippen LogP contribution in [0.4, 0.5) is 5.69 Å². The summed E-state index contributed by atoms with van der Waals surface area (Å²) < 4.78 is 5.98. The lowest BCUT2D eigenvalue weighted by Crippen LogP contribution is -2.41. The minimum absolute atomic E-state index is 0.537. The summed E-state index contributed by atoms with van der Waals surface area (Å²) in [6.45, 7) is 4.60. The molecule has 122 valence electrons. The average molecular weight is 313 g/mol. The van der Waals surface area contributed by atoms with Crippen molar-refractivity contribution in [2.24, 2.45) is 0 Å². The second kappa shape index (κ2) is 8.22. The molecule has 0 aliphatic heterocycles. The first-order chi connectivity index (χ1) is 11.2. The number of nitrogens with zero attached hydrogens (tertiary/aromatic N) is 1. The van der Waals surface area contributed by atoms with Crippen molar-refractivity contribution in [2.45, 2.75) is 32.7 Å². The van der Waals surface area contributed by atoms with Crippen LogP contribution in [0.5, 0.6) is 11.5 Å². The Morgan fingerprint density at radius 2 is 1.74 bits per heavy atom. The Morgan fingerprint density at radius 3 is 2.35 bits per heavy atom. The van der Waals surface area contributed by atoms with Gasteiger partial charge in [-0.05, 0) is 37.1 Å². The van der Waals surface area contributed by atoms with Crippen molar-refractivity contribution in [3.05, 3.63) is 54.6 Å². The topological polar surface area (TPSA) is 49.8 Å². The van der Waals surface area contributed by atoms with Crippen LogP contribution in [0.25, 0.3) is 0 Å². The summed E-state index contributed by atoms with van der Waals surface area (Å²) in [4.78, 5) is 13.5. The average Bonchev–Trinajstić information content (AvgIpc) is 2.56. The molecule has 0 heterocycles. The lowest BCUT2D eigenvalue weighted by atomic mass is 10.1. The van der Waals surface area contributed by atoms with E-state index in [4.69, 9.17) is 4.74 Å². The minimum Gasteiger partial charge on any atom is -0.480 e. The predicted molar refractivity (Wildman–Crippen MR) is 92.3 cm³/mol. The Hall–Kier alpha value is -2.49. The summed E-state index contributed by atoms with van der Waals surface area (Å²) in [7, 11) is 0. The fourth-order valence-electron chi connectivity index (χ4n) is 2.61. The Labute approximate surface area is 137 Å². The van der Waals surface area contributed by atoms with Gasteiger partial charge >= 0.3 is 5.97 Å². The number of carboxylic acids is 1. The second-order valence-electron chi connectivity index (χ2n) is 5.34. The molecule has 0 unspecified atom stereocenters. The molecule has 0 amide bonds. The second-order valence-corrected chi connectivity index (χ2v) is 5.34. The predicted octanol–water partition coefficient (Wildman–Crippen LogP) is 4.56. The quantitative estimate of drug-likeness (QED) is 0.776. The van der Waals surface area contributed by atoms with Crippen LogP contribution >= 0.6 is 0 Å². The number of hydrogen-bond acceptors (Lipinski definition) is 3. The van der Waals surface area contributed by atoms with E-state index in [0.29, 0.717) is 18.7 Å². The number of aliphatic carboxylic acids is 1. The van der Waals surface area contributed by atoms with Crippen LogP contribution in [0.1, 0.15) is 26.7 Å². The summed E-state index contributed by atoms with van der Waals surface area (Å²) in [6.07, 6.45) is 1.40. The zero-order valence-corrected chi connectivity index (χ0v) is 13.6. The van der Waals surface area contributed by atoms with Gasteiger partial charge < -0.3 is 14.7 Å². The van der Waals surface area contributed by atoms with Crippen molar-refractivity contribution in [3.63, 3.8) is 0 Å². The SMILES string of the molecule is CCCN(c1ccccc1Oc1ccccc1)[C@H](CC)C(=O)O. The summed E-state index contributed by atoms with van der Waals surface area (Å²) in [5.74, 6) is 0.599. The normalized spacial score (nSPS) is 11.7. The highest BCUT2D eigenvalue weighted by molar-refractivity contribution is 5.79. The number of benzene rings is 2. The number of para-hydroxylation sites is 3. The molecule has 0 fully saturated rings. The molecule has 4 nitrogen and oxygen atoms in total. The van der Waals surface area contributed by atoms with Gasteiger partial charge in [0.15, 0.2) is 5.75 Å². The first kappa shape index (κ1) is 16.9. The van der Waals surface area contributed by atoms with Crippen molar-refractivity contribution in [3.8, 4) is 11.5 Å². The molecule has 23 heavy (non-hydrogen) atoms. The van der Waals surface area contributed by atoms with Crippen LogP contribution in [0.3, 0.4) is 0 Å². The van der Waals surface area contributed by atoms with Gasteiger partial charge in [0.2, 0.25) is 0 Å². The van der Waals surface area contributed by atoms with Gasteiger partial charge in [-0.2, -0.15) is 0 Å². The van der Waals surface area contributed by atoms with Crippen LogP contribution in [-0.4, -0.2) is 23.7 Å². The molecular formula is C19H23NO3. The number of rotatable bonds is 8. The molecule has 2 rings (SSSR count). The monoisotopic (exact) mass is 313 g/mol. The fraction of sp³-hybridized carbons (Fsp3) is 0.316. The first-order valence-electron chi connectivity index (χ1n) is 7.98. The van der Waals surface area contributed by atoms with Gasteiger partial charge in [0.25, 0.3) is 0 Å². The number of carbonyl (C=O) groups is 1. The standard InChI is InChI=1S/C19H23NO3/c1-3-14-20(16(4-2)19(21)22)17-12-8-9-13-18(17)23-15-10-6-5-7-11-15/h5-13,16H,3-4,14H2,1-2H3,(H,21,22)/t16-/m1/s1. The zero-order chi connectivity index (χ0) is 16.7. The molecule has 0 spiro atoms. The third-order valence-corrected chi connectivity index (χ3v) is 3.66. The van der Waals surface area contributed by atoms with Gasteiger partial charge in [-0.3, -0.25) is 0 Å². The van der Waals surface area contributed by atoms with Crippen molar-refractivity contribution >= 4 is 11.7 Å². The smallest absolute Gasteiger partial charge is 0.326 e. The maximum atomic E-state index is 11.6. The van der Waals surface area contributed by atoms with Crippen LogP contribution in [-0.2, 0) is 4.79 Å². The van der Waals surface area contributed by atoms with Gasteiger partial charge in [0, 0.05) is 6.54 Å². The van der Waals surface area contributed by atoms with E-state index >= 15 is 0 Å². The Balaban J connectivity index is 2.37. The van der Waals surface area contributed by atoms with Gasteiger partial charge in [0.05, 0.1) is 5.69 Å². The molecule has 0 aromatic heterocycles. The Kier molecular flexibility index (Phi) is 6.03. The maximum Gasteiger partial charge on any atom is 0.326 e. The zero-order valence-electron chi connectivity index (χ0n) is 13.6. The lowest BCUT2D eigenvalue weighted by molar-refractivity contribution is -0.138. The van der Waals surface area contributed by atoms with E-state index in [-0.39, 0.29) is 0 Å². The molecule has 0 bridgehead atoms. The van der Waals surface area contributed by atoms with Gasteiger partial charge in [-0.15, -0.1) is 0 Å². The number of anilines is 1. The summed E-state index contributed by atoms with van der Waals surface area (Å²) >= 11 is 0. The van der Waals surface area contributed by atoms with Gasteiger partial charge in [-0.1, -0.05) is 44.2 Å². The molecule has 0 radical (unpaired) electrons. The molecule has 4 heteroatoms. The molecule has 1 N–H and O–H groups in total. The lowest BCUT2D eigenvalue weighted by Gasteiger charge is -2.31. The van der Waals surface area contributed by atoms with Crippen molar-refractivity contribution in [1.29, 1.82) is 0 Å². The summed E-state index contributed by atoms with van der Waals surface area (Å²) in [5, 5.41) is 9.53. The molecule has 0 aliphatic rings.